The van der Waals surface area contributed by atoms with Gasteiger partial charge in [0.2, 0.25) is 5.91 Å². The Morgan fingerprint density at radius 2 is 1.90 bits per heavy atom. The Balaban J connectivity index is 1.71. The summed E-state index contributed by atoms with van der Waals surface area (Å²) in [5, 5.41) is 7.04. The maximum atomic E-state index is 12.0. The number of anilines is 2. The molecule has 2 N–H and O–H groups in total. The fourth-order valence-electron chi connectivity index (χ4n) is 5.84. The van der Waals surface area contributed by atoms with Crippen LogP contribution in [0.3, 0.4) is 0 Å². The van der Waals surface area contributed by atoms with Crippen LogP contribution >= 0.6 is 12.2 Å². The topological polar surface area (TPSA) is 71.4 Å². The van der Waals surface area contributed by atoms with E-state index in [9.17, 15) is 4.79 Å². The quantitative estimate of drug-likeness (QED) is 0.255. The summed E-state index contributed by atoms with van der Waals surface area (Å²) in [5.74, 6) is 0.411. The molecule has 1 amide bonds. The molecule has 3 heterocycles. The van der Waals surface area contributed by atoms with E-state index in [0.29, 0.717) is 16.5 Å². The number of carbonyl (C=O) groups excluding carboxylic acids is 1. The standard InChI is InChI=1S/C32H35N5O2S/c1-7-23-12-10-11-19(2)30(23)36-20(3)17-25(21(36)4)31-29(26-13-8-9-16-33-26)35-32(40)37(31)24-14-15-28(39-6)27(18-24)34-22(5)38/h8-18,29,31H,7H2,1-6H3,(H,34,38)(H,35,40). The van der Waals surface area contributed by atoms with Crippen LogP contribution in [0.15, 0.2) is 66.9 Å². The number of benzene rings is 2. The van der Waals surface area contributed by atoms with Gasteiger partial charge in [-0.25, -0.2) is 0 Å². The Hall–Kier alpha value is -4.17. The summed E-state index contributed by atoms with van der Waals surface area (Å²) in [6, 6.07) is 20.1. The predicted octanol–water partition coefficient (Wildman–Crippen LogP) is 6.50. The zero-order valence-corrected chi connectivity index (χ0v) is 24.6. The Bertz CT molecular complexity index is 1580. The Morgan fingerprint density at radius 3 is 2.58 bits per heavy atom. The molecule has 1 aliphatic heterocycles. The molecule has 0 saturated carbocycles. The van der Waals surface area contributed by atoms with Crippen LogP contribution < -0.4 is 20.3 Å². The number of amides is 1. The first-order chi connectivity index (χ1) is 19.2. The normalized spacial score (nSPS) is 16.6. The van der Waals surface area contributed by atoms with Crippen LogP contribution in [-0.2, 0) is 11.2 Å². The minimum absolute atomic E-state index is 0.172. The van der Waals surface area contributed by atoms with Gasteiger partial charge in [0.1, 0.15) is 5.75 Å². The molecule has 0 radical (unpaired) electrons. The molecule has 2 atom stereocenters. The van der Waals surface area contributed by atoms with E-state index in [2.05, 4.69) is 72.1 Å². The van der Waals surface area contributed by atoms with Gasteiger partial charge in [0.05, 0.1) is 36.3 Å². The van der Waals surface area contributed by atoms with Gasteiger partial charge in [-0.2, -0.15) is 0 Å². The monoisotopic (exact) mass is 553 g/mol. The highest BCUT2D eigenvalue weighted by Gasteiger charge is 2.42. The second-order valence-electron chi connectivity index (χ2n) is 10.2. The number of methoxy groups -OCH3 is 1. The van der Waals surface area contributed by atoms with Crippen molar-refractivity contribution in [3.8, 4) is 11.4 Å². The second kappa shape index (κ2) is 11.1. The van der Waals surface area contributed by atoms with Gasteiger partial charge in [-0.05, 0) is 92.5 Å². The van der Waals surface area contributed by atoms with Crippen molar-refractivity contribution in [2.45, 2.75) is 53.1 Å². The summed E-state index contributed by atoms with van der Waals surface area (Å²) in [4.78, 5) is 18.8. The first-order valence-corrected chi connectivity index (χ1v) is 13.9. The Kier molecular flexibility index (Phi) is 7.63. The van der Waals surface area contributed by atoms with Crippen LogP contribution in [0.2, 0.25) is 0 Å². The molecular weight excluding hydrogens is 518 g/mol. The molecule has 1 fully saturated rings. The van der Waals surface area contributed by atoms with Crippen molar-refractivity contribution in [1.82, 2.24) is 14.9 Å². The molecular formula is C32H35N5O2S. The molecule has 8 heteroatoms. The first-order valence-electron chi connectivity index (χ1n) is 13.5. The summed E-state index contributed by atoms with van der Waals surface area (Å²) < 4.78 is 7.89. The summed E-state index contributed by atoms with van der Waals surface area (Å²) in [6.45, 7) is 10.2. The van der Waals surface area contributed by atoms with E-state index in [4.69, 9.17) is 21.9 Å². The molecule has 5 rings (SSSR count). The number of para-hydroxylation sites is 1. The van der Waals surface area contributed by atoms with Crippen molar-refractivity contribution in [2.75, 3.05) is 17.3 Å². The van der Waals surface area contributed by atoms with E-state index < -0.39 is 0 Å². The lowest BCUT2D eigenvalue weighted by Gasteiger charge is -2.29. The highest BCUT2D eigenvalue weighted by molar-refractivity contribution is 7.80. The van der Waals surface area contributed by atoms with Crippen LogP contribution in [0.5, 0.6) is 5.75 Å². The fraction of sp³-hybridized carbons (Fsp3) is 0.281. The summed E-state index contributed by atoms with van der Waals surface area (Å²) in [6.07, 6.45) is 2.76. The number of hydrogen-bond donors (Lipinski definition) is 2. The van der Waals surface area contributed by atoms with Crippen molar-refractivity contribution < 1.29 is 9.53 Å². The Morgan fingerprint density at radius 1 is 1.10 bits per heavy atom. The highest BCUT2D eigenvalue weighted by Crippen LogP contribution is 2.45. The van der Waals surface area contributed by atoms with Gasteiger partial charge in [-0.3, -0.25) is 9.78 Å². The van der Waals surface area contributed by atoms with Crippen molar-refractivity contribution in [3.63, 3.8) is 0 Å². The van der Waals surface area contributed by atoms with Crippen LogP contribution in [0, 0.1) is 20.8 Å². The zero-order chi connectivity index (χ0) is 28.6. The third kappa shape index (κ3) is 4.84. The van der Waals surface area contributed by atoms with Crippen LogP contribution in [0.1, 0.15) is 59.7 Å². The van der Waals surface area contributed by atoms with Crippen molar-refractivity contribution >= 4 is 34.6 Å². The van der Waals surface area contributed by atoms with E-state index in [1.165, 1.54) is 23.7 Å². The first kappa shape index (κ1) is 27.4. The molecule has 1 saturated heterocycles. The van der Waals surface area contributed by atoms with Gasteiger partial charge in [0, 0.05) is 30.2 Å². The van der Waals surface area contributed by atoms with Crippen LogP contribution in [0.4, 0.5) is 11.4 Å². The van der Waals surface area contributed by atoms with Crippen molar-refractivity contribution in [2.24, 2.45) is 0 Å². The smallest absolute Gasteiger partial charge is 0.221 e. The van der Waals surface area contributed by atoms with Crippen LogP contribution in [0.25, 0.3) is 5.69 Å². The molecule has 1 aliphatic rings. The summed E-state index contributed by atoms with van der Waals surface area (Å²) in [7, 11) is 1.59. The van der Waals surface area contributed by atoms with E-state index in [1.807, 2.05) is 42.6 Å². The maximum Gasteiger partial charge on any atom is 0.221 e. The lowest BCUT2D eigenvalue weighted by molar-refractivity contribution is -0.114. The number of rotatable bonds is 7. The third-order valence-corrected chi connectivity index (χ3v) is 7.90. The van der Waals surface area contributed by atoms with Crippen molar-refractivity contribution in [1.29, 1.82) is 0 Å². The molecule has 2 aromatic carbocycles. The predicted molar refractivity (Wildman–Crippen MR) is 165 cm³/mol. The van der Waals surface area contributed by atoms with Crippen molar-refractivity contribution in [3.05, 3.63) is 101 Å². The number of ether oxygens (including phenoxy) is 1. The summed E-state index contributed by atoms with van der Waals surface area (Å²) in [5.41, 5.74) is 9.59. The number of aryl methyl sites for hydroxylation is 3. The molecule has 40 heavy (non-hydrogen) atoms. The molecule has 0 bridgehead atoms. The van der Waals surface area contributed by atoms with Gasteiger partial charge in [-0.15, -0.1) is 0 Å². The molecule has 7 nitrogen and oxygen atoms in total. The largest absolute Gasteiger partial charge is 0.495 e. The third-order valence-electron chi connectivity index (χ3n) is 7.58. The van der Waals surface area contributed by atoms with Crippen LogP contribution in [-0.4, -0.2) is 27.7 Å². The number of carbonyl (C=O) groups is 1. The summed E-state index contributed by atoms with van der Waals surface area (Å²) >= 11 is 5.97. The van der Waals surface area contributed by atoms with E-state index in [0.717, 1.165) is 34.8 Å². The van der Waals surface area contributed by atoms with Gasteiger partial charge in [0.25, 0.3) is 0 Å². The van der Waals surface area contributed by atoms with Gasteiger partial charge >= 0.3 is 0 Å². The van der Waals surface area contributed by atoms with Gasteiger partial charge < -0.3 is 24.8 Å². The minimum Gasteiger partial charge on any atom is -0.495 e. The number of aromatic nitrogens is 2. The molecule has 0 spiro atoms. The number of pyridine rings is 1. The highest BCUT2D eigenvalue weighted by atomic mass is 32.1. The lowest BCUT2D eigenvalue weighted by atomic mass is 9.96. The number of thiocarbonyl (C=S) groups is 1. The molecule has 4 aromatic rings. The number of hydrogen-bond acceptors (Lipinski definition) is 4. The molecule has 2 aromatic heterocycles. The zero-order valence-electron chi connectivity index (χ0n) is 23.8. The van der Waals surface area contributed by atoms with E-state index >= 15 is 0 Å². The number of nitrogens with one attached hydrogen (secondary N) is 2. The SMILES string of the molecule is CCc1cccc(C)c1-n1c(C)cc(C2C(c3ccccn3)NC(=S)N2c2ccc(OC)c(NC(C)=O)c2)c1C. The molecule has 206 valence electrons. The Labute approximate surface area is 241 Å². The average Bonchev–Trinajstić information content (AvgIpc) is 3.43. The number of nitrogens with zero attached hydrogens (tertiary/aromatic N) is 3. The fourth-order valence-corrected chi connectivity index (χ4v) is 6.18. The van der Waals surface area contributed by atoms with Gasteiger partial charge in [0.15, 0.2) is 5.11 Å². The average molecular weight is 554 g/mol. The second-order valence-corrected chi connectivity index (χ2v) is 10.5. The lowest BCUT2D eigenvalue weighted by Crippen LogP contribution is -2.29. The maximum absolute atomic E-state index is 12.0. The van der Waals surface area contributed by atoms with E-state index in [-0.39, 0.29) is 18.0 Å². The molecule has 2 unspecified atom stereocenters. The minimum atomic E-state index is -0.185. The molecule has 0 aliphatic carbocycles. The van der Waals surface area contributed by atoms with E-state index in [1.54, 1.807) is 7.11 Å². The van der Waals surface area contributed by atoms with Gasteiger partial charge in [-0.1, -0.05) is 31.2 Å².